The Labute approximate surface area is 165 Å². The van der Waals surface area contributed by atoms with Crippen LogP contribution in [-0.4, -0.2) is 28.0 Å². The zero-order chi connectivity index (χ0) is 20.1. The predicted octanol–water partition coefficient (Wildman–Crippen LogP) is 3.39. The van der Waals surface area contributed by atoms with Crippen LogP contribution in [0.25, 0.3) is 11.3 Å². The summed E-state index contributed by atoms with van der Waals surface area (Å²) < 4.78 is 5.69. The molecule has 2 amide bonds. The van der Waals surface area contributed by atoms with Gasteiger partial charge in [-0.3, -0.25) is 19.7 Å². The second-order valence-electron chi connectivity index (χ2n) is 7.58. The lowest BCUT2D eigenvalue weighted by molar-refractivity contribution is -0.384. The molecule has 146 valence electrons. The van der Waals surface area contributed by atoms with Crippen molar-refractivity contribution in [1.82, 2.24) is 5.01 Å². The summed E-state index contributed by atoms with van der Waals surface area (Å²) in [6, 6.07) is 9.37. The van der Waals surface area contributed by atoms with Crippen LogP contribution in [0.15, 0.2) is 58.1 Å². The SMILES string of the molecule is O=C1[C@@H]2[C@@H](C(=O)N1/N=C\c1ccc(-c3ccc([N+](=O)[O-])cc3)o1)[C@H]1C=C[C@@H]2CC1. The molecule has 8 heteroatoms. The molecule has 2 fully saturated rings. The van der Waals surface area contributed by atoms with Crippen molar-refractivity contribution in [2.24, 2.45) is 28.8 Å². The van der Waals surface area contributed by atoms with Crippen LogP contribution in [0.3, 0.4) is 0 Å². The summed E-state index contributed by atoms with van der Waals surface area (Å²) in [5, 5.41) is 15.9. The minimum absolute atomic E-state index is 0.00178. The van der Waals surface area contributed by atoms with Crippen molar-refractivity contribution < 1.29 is 18.9 Å². The molecule has 2 aromatic rings. The summed E-state index contributed by atoms with van der Waals surface area (Å²) in [4.78, 5) is 35.8. The molecule has 2 bridgehead atoms. The van der Waals surface area contributed by atoms with Crippen molar-refractivity contribution in [3.63, 3.8) is 0 Å². The maximum Gasteiger partial charge on any atom is 0.269 e. The molecule has 1 aromatic carbocycles. The lowest BCUT2D eigenvalue weighted by Crippen LogP contribution is -2.38. The van der Waals surface area contributed by atoms with Gasteiger partial charge in [0.2, 0.25) is 0 Å². The van der Waals surface area contributed by atoms with Gasteiger partial charge in [0.1, 0.15) is 11.5 Å². The van der Waals surface area contributed by atoms with Gasteiger partial charge in [0.25, 0.3) is 17.5 Å². The molecule has 0 unspecified atom stereocenters. The van der Waals surface area contributed by atoms with E-state index < -0.39 is 4.92 Å². The van der Waals surface area contributed by atoms with Crippen molar-refractivity contribution in [3.05, 3.63) is 64.4 Å². The highest BCUT2D eigenvalue weighted by Crippen LogP contribution is 2.49. The van der Waals surface area contributed by atoms with Crippen LogP contribution in [0.1, 0.15) is 18.6 Å². The fraction of sp³-hybridized carbons (Fsp3) is 0.286. The molecule has 29 heavy (non-hydrogen) atoms. The number of hydrogen-bond acceptors (Lipinski definition) is 6. The smallest absolute Gasteiger partial charge is 0.269 e. The number of carbonyl (C=O) groups excluding carboxylic acids is 2. The van der Waals surface area contributed by atoms with Crippen molar-refractivity contribution >= 4 is 23.7 Å². The first-order valence-corrected chi connectivity index (χ1v) is 9.48. The Bertz CT molecular complexity index is 1040. The number of non-ortho nitro benzene ring substituents is 1. The summed E-state index contributed by atoms with van der Waals surface area (Å²) in [5.74, 6) is 0.0745. The Morgan fingerprint density at radius 3 is 2.17 bits per heavy atom. The monoisotopic (exact) mass is 391 g/mol. The number of fused-ring (bicyclic) bond motifs is 1. The Morgan fingerprint density at radius 2 is 1.62 bits per heavy atom. The fourth-order valence-electron chi connectivity index (χ4n) is 4.61. The minimum Gasteiger partial charge on any atom is -0.455 e. The molecule has 6 rings (SSSR count). The number of amides is 2. The van der Waals surface area contributed by atoms with Gasteiger partial charge in [0.15, 0.2) is 0 Å². The summed E-state index contributed by atoms with van der Waals surface area (Å²) >= 11 is 0. The molecular weight excluding hydrogens is 374 g/mol. The molecule has 0 N–H and O–H groups in total. The van der Waals surface area contributed by atoms with Crippen LogP contribution in [0, 0.1) is 33.8 Å². The molecule has 2 heterocycles. The van der Waals surface area contributed by atoms with Crippen molar-refractivity contribution in [1.29, 1.82) is 0 Å². The summed E-state index contributed by atoms with van der Waals surface area (Å²) in [7, 11) is 0. The number of furan rings is 1. The van der Waals surface area contributed by atoms with E-state index in [1.807, 2.05) is 0 Å². The van der Waals surface area contributed by atoms with Crippen LogP contribution >= 0.6 is 0 Å². The van der Waals surface area contributed by atoms with Gasteiger partial charge in [-0.15, -0.1) is 0 Å². The molecule has 4 aliphatic rings. The van der Waals surface area contributed by atoms with Crippen LogP contribution < -0.4 is 0 Å². The Kier molecular flexibility index (Phi) is 3.94. The van der Waals surface area contributed by atoms with Crippen LogP contribution in [-0.2, 0) is 9.59 Å². The van der Waals surface area contributed by atoms with E-state index in [2.05, 4.69) is 17.3 Å². The van der Waals surface area contributed by atoms with E-state index in [4.69, 9.17) is 4.42 Å². The third-order valence-corrected chi connectivity index (χ3v) is 6.03. The zero-order valence-electron chi connectivity index (χ0n) is 15.3. The summed E-state index contributed by atoms with van der Waals surface area (Å²) in [6.45, 7) is 0. The molecule has 0 spiro atoms. The zero-order valence-corrected chi connectivity index (χ0v) is 15.3. The molecule has 0 radical (unpaired) electrons. The molecular formula is C21H17N3O5. The number of benzene rings is 1. The topological polar surface area (TPSA) is 106 Å². The number of rotatable bonds is 4. The van der Waals surface area contributed by atoms with E-state index in [-0.39, 0.29) is 41.2 Å². The molecule has 1 aliphatic heterocycles. The van der Waals surface area contributed by atoms with Crippen molar-refractivity contribution in [2.75, 3.05) is 0 Å². The Hall–Kier alpha value is -3.55. The van der Waals surface area contributed by atoms with Crippen LogP contribution in [0.4, 0.5) is 5.69 Å². The van der Waals surface area contributed by atoms with E-state index in [0.29, 0.717) is 17.1 Å². The molecule has 4 atom stereocenters. The maximum absolute atomic E-state index is 12.7. The van der Waals surface area contributed by atoms with E-state index in [1.54, 1.807) is 24.3 Å². The number of allylic oxidation sites excluding steroid dienone is 2. The lowest BCUT2D eigenvalue weighted by Gasteiger charge is -2.37. The second kappa shape index (κ2) is 6.51. The average Bonchev–Trinajstić information content (AvgIpc) is 3.32. The van der Waals surface area contributed by atoms with Gasteiger partial charge in [-0.25, -0.2) is 0 Å². The average molecular weight is 391 g/mol. The fourth-order valence-corrected chi connectivity index (χ4v) is 4.61. The molecule has 3 aliphatic carbocycles. The number of hydrazone groups is 1. The number of carbonyl (C=O) groups is 2. The third-order valence-electron chi connectivity index (χ3n) is 6.03. The van der Waals surface area contributed by atoms with E-state index >= 15 is 0 Å². The lowest BCUT2D eigenvalue weighted by atomic mass is 9.63. The predicted molar refractivity (Wildman–Crippen MR) is 103 cm³/mol. The first kappa shape index (κ1) is 17.5. The van der Waals surface area contributed by atoms with Crippen molar-refractivity contribution in [2.45, 2.75) is 12.8 Å². The Balaban J connectivity index is 1.34. The molecule has 1 saturated heterocycles. The normalized spacial score (nSPS) is 27.8. The highest BCUT2D eigenvalue weighted by molar-refractivity contribution is 6.06. The number of hydrogen-bond donors (Lipinski definition) is 0. The van der Waals surface area contributed by atoms with Crippen LogP contribution in [0.5, 0.6) is 0 Å². The second-order valence-corrected chi connectivity index (χ2v) is 7.58. The van der Waals surface area contributed by atoms with E-state index in [9.17, 15) is 19.7 Å². The Morgan fingerprint density at radius 1 is 1.00 bits per heavy atom. The highest BCUT2D eigenvalue weighted by atomic mass is 16.6. The number of nitro groups is 1. The standard InChI is InChI=1S/C21H17N3O5/c25-20-18-13-1-2-14(4-3-13)19(18)21(26)23(20)22-11-16-9-10-17(29-16)12-5-7-15(8-6-12)24(27)28/h1-2,5-11,13-14,18-19H,3-4H2/b22-11-/t13-,14+,18-,19-/m0/s1. The van der Waals surface area contributed by atoms with Gasteiger partial charge in [0, 0.05) is 17.7 Å². The third kappa shape index (κ3) is 2.79. The van der Waals surface area contributed by atoms with Gasteiger partial charge >= 0.3 is 0 Å². The largest absolute Gasteiger partial charge is 0.455 e. The van der Waals surface area contributed by atoms with E-state index in [1.165, 1.54) is 18.3 Å². The quantitative estimate of drug-likeness (QED) is 0.261. The summed E-state index contributed by atoms with van der Waals surface area (Å²) in [5.41, 5.74) is 0.676. The number of imide groups is 1. The molecule has 1 saturated carbocycles. The highest BCUT2D eigenvalue weighted by Gasteiger charge is 2.56. The van der Waals surface area contributed by atoms with Gasteiger partial charge in [-0.1, -0.05) is 12.2 Å². The first-order chi connectivity index (χ1) is 14.0. The minimum atomic E-state index is -0.465. The maximum atomic E-state index is 12.7. The summed E-state index contributed by atoms with van der Waals surface area (Å²) in [6.07, 6.45) is 7.37. The van der Waals surface area contributed by atoms with Crippen molar-refractivity contribution in [3.8, 4) is 11.3 Å². The van der Waals surface area contributed by atoms with Crippen LogP contribution in [0.2, 0.25) is 0 Å². The molecule has 1 aromatic heterocycles. The number of nitro benzene ring substituents is 1. The van der Waals surface area contributed by atoms with E-state index in [0.717, 1.165) is 17.9 Å². The van der Waals surface area contributed by atoms with Gasteiger partial charge in [-0.05, 0) is 48.9 Å². The van der Waals surface area contributed by atoms with Gasteiger partial charge < -0.3 is 4.42 Å². The van der Waals surface area contributed by atoms with Gasteiger partial charge in [-0.2, -0.15) is 10.1 Å². The number of nitrogens with zero attached hydrogens (tertiary/aromatic N) is 3. The molecule has 8 nitrogen and oxygen atoms in total. The first-order valence-electron chi connectivity index (χ1n) is 9.48. The van der Waals surface area contributed by atoms with Gasteiger partial charge in [0.05, 0.1) is 23.0 Å².